The lowest BCUT2D eigenvalue weighted by molar-refractivity contribution is 0.0268. The number of likely N-dealkylation sites (N-methyl/N-ethyl adjacent to an activating group) is 1. The number of rotatable bonds is 8. The summed E-state index contributed by atoms with van der Waals surface area (Å²) in [7, 11) is -1.69. The van der Waals surface area contributed by atoms with Gasteiger partial charge in [-0.1, -0.05) is 60.7 Å². The van der Waals surface area contributed by atoms with Gasteiger partial charge in [0.15, 0.2) is 0 Å². The highest BCUT2D eigenvalue weighted by atomic mass is 32.2. The highest BCUT2D eigenvalue weighted by Gasteiger charge is 2.30. The van der Waals surface area contributed by atoms with Crippen LogP contribution >= 0.6 is 0 Å². The number of fused-ring (bicyclic) bond motifs is 5. The van der Waals surface area contributed by atoms with Gasteiger partial charge in [0.25, 0.3) is 10.1 Å². The lowest BCUT2D eigenvalue weighted by atomic mass is 9.92. The maximum atomic E-state index is 11.5. The monoisotopic (exact) mass is 451 g/mol. The van der Waals surface area contributed by atoms with Crippen LogP contribution in [0.5, 0.6) is 0 Å². The average Bonchev–Trinajstić information content (AvgIpc) is 2.80. The van der Waals surface area contributed by atoms with Gasteiger partial charge in [0, 0.05) is 6.54 Å². The van der Waals surface area contributed by atoms with E-state index in [-0.39, 0.29) is 13.2 Å². The Kier molecular flexibility index (Phi) is 6.23. The largest absolute Gasteiger partial charge is 0.394 e. The maximum absolute atomic E-state index is 11.5. The van der Waals surface area contributed by atoms with Crippen molar-refractivity contribution in [3.63, 3.8) is 0 Å². The third kappa shape index (κ3) is 4.50. The van der Waals surface area contributed by atoms with Gasteiger partial charge >= 0.3 is 0 Å². The minimum absolute atomic E-state index is 0.0953. The van der Waals surface area contributed by atoms with Gasteiger partial charge in [-0.25, -0.2) is 0 Å². The van der Waals surface area contributed by atoms with Gasteiger partial charge in [-0.15, -0.1) is 0 Å². The Bertz CT molecular complexity index is 1380. The lowest BCUT2D eigenvalue weighted by Gasteiger charge is -2.36. The third-order valence-corrected chi connectivity index (χ3v) is 6.96. The molecule has 0 aliphatic heterocycles. The molecule has 4 aromatic carbocycles. The fourth-order valence-corrected chi connectivity index (χ4v) is 4.68. The van der Waals surface area contributed by atoms with Crippen molar-refractivity contribution in [3.8, 4) is 0 Å². The van der Waals surface area contributed by atoms with Crippen LogP contribution in [0, 0.1) is 0 Å². The van der Waals surface area contributed by atoms with E-state index < -0.39 is 15.7 Å². The first-order valence-corrected chi connectivity index (χ1v) is 12.5. The Morgan fingerprint density at radius 1 is 0.906 bits per heavy atom. The normalized spacial score (nSPS) is 14.4. The molecular formula is C26H29NO4S. The molecule has 4 rings (SSSR count). The van der Waals surface area contributed by atoms with Crippen molar-refractivity contribution in [2.75, 3.05) is 33.1 Å². The first-order valence-electron chi connectivity index (χ1n) is 10.7. The van der Waals surface area contributed by atoms with Gasteiger partial charge in [-0.3, -0.25) is 9.08 Å². The zero-order chi connectivity index (χ0) is 22.9. The molecule has 0 heterocycles. The molecule has 1 atom stereocenters. The maximum Gasteiger partial charge on any atom is 0.264 e. The molecule has 0 fully saturated rings. The summed E-state index contributed by atoms with van der Waals surface area (Å²) in [5, 5.41) is 17.3. The van der Waals surface area contributed by atoms with Crippen molar-refractivity contribution in [2.24, 2.45) is 0 Å². The summed E-state index contributed by atoms with van der Waals surface area (Å²) < 4.78 is 27.9. The van der Waals surface area contributed by atoms with E-state index in [0.717, 1.165) is 12.7 Å². The average molecular weight is 452 g/mol. The minimum Gasteiger partial charge on any atom is -0.394 e. The predicted molar refractivity (Wildman–Crippen MR) is 132 cm³/mol. The van der Waals surface area contributed by atoms with Gasteiger partial charge in [0.2, 0.25) is 0 Å². The van der Waals surface area contributed by atoms with Gasteiger partial charge < -0.3 is 5.11 Å². The van der Waals surface area contributed by atoms with E-state index >= 15 is 0 Å². The smallest absolute Gasteiger partial charge is 0.264 e. The summed E-state index contributed by atoms with van der Waals surface area (Å²) in [5.41, 5.74) is 0.420. The van der Waals surface area contributed by atoms with Crippen LogP contribution in [0.1, 0.15) is 12.5 Å². The summed E-state index contributed by atoms with van der Waals surface area (Å²) in [5.74, 6) is 0. The molecule has 0 aromatic heterocycles. The molecule has 6 heteroatoms. The molecular weight excluding hydrogens is 422 g/mol. The summed E-state index contributed by atoms with van der Waals surface area (Å²) in [4.78, 5) is 1.97. The molecule has 1 unspecified atom stereocenters. The van der Waals surface area contributed by atoms with Crippen LogP contribution in [0.3, 0.4) is 0 Å². The van der Waals surface area contributed by atoms with Crippen LogP contribution in [-0.2, 0) is 20.7 Å². The molecule has 5 nitrogen and oxygen atoms in total. The zero-order valence-corrected chi connectivity index (χ0v) is 19.5. The van der Waals surface area contributed by atoms with E-state index in [0.29, 0.717) is 6.54 Å². The van der Waals surface area contributed by atoms with E-state index in [4.69, 9.17) is 4.18 Å². The van der Waals surface area contributed by atoms with Crippen LogP contribution < -0.4 is 0 Å². The topological polar surface area (TPSA) is 66.8 Å². The van der Waals surface area contributed by atoms with Crippen LogP contribution in [0.4, 0.5) is 0 Å². The fourth-order valence-electron chi connectivity index (χ4n) is 4.21. The van der Waals surface area contributed by atoms with Crippen LogP contribution in [0.15, 0.2) is 66.7 Å². The molecule has 0 aliphatic rings. The Labute approximate surface area is 189 Å². The molecule has 0 saturated heterocycles. The molecule has 32 heavy (non-hydrogen) atoms. The van der Waals surface area contributed by atoms with Crippen molar-refractivity contribution in [3.05, 3.63) is 72.3 Å². The lowest BCUT2D eigenvalue weighted by Crippen LogP contribution is -2.51. The van der Waals surface area contributed by atoms with Crippen molar-refractivity contribution >= 4 is 42.4 Å². The second-order valence-electron chi connectivity index (χ2n) is 8.76. The van der Waals surface area contributed by atoms with Crippen molar-refractivity contribution in [2.45, 2.75) is 18.9 Å². The molecule has 0 amide bonds. The van der Waals surface area contributed by atoms with E-state index in [1.165, 1.54) is 37.9 Å². The SMILES string of the molecule is CN(CCc1cc2c3ccccc3ccc2c2ccccc12)C(C)(CO)COS(C)(=O)=O. The quantitative estimate of drug-likeness (QED) is 0.319. The molecule has 0 saturated carbocycles. The Morgan fingerprint density at radius 3 is 2.22 bits per heavy atom. The molecule has 0 spiro atoms. The van der Waals surface area contributed by atoms with Crippen LogP contribution in [-0.4, -0.2) is 57.0 Å². The zero-order valence-electron chi connectivity index (χ0n) is 18.7. The summed E-state index contributed by atoms with van der Waals surface area (Å²) in [6.45, 7) is 2.15. The molecule has 168 valence electrons. The first kappa shape index (κ1) is 22.7. The standard InChI is InChI=1S/C26H29NO4S/c1-26(17-28,18-31-32(3,29)30)27(2)15-14-20-16-25-21-9-5-4-8-19(21)12-13-24(25)23-11-7-6-10-22(20)23/h4-13,16,28H,14-15,17-18H2,1-3H3. The number of hydrogen-bond acceptors (Lipinski definition) is 5. The Hall–Kier alpha value is -2.51. The summed E-state index contributed by atoms with van der Waals surface area (Å²) >= 11 is 0. The van der Waals surface area contributed by atoms with Crippen LogP contribution in [0.2, 0.25) is 0 Å². The molecule has 4 aromatic rings. The molecule has 1 N–H and O–H groups in total. The van der Waals surface area contributed by atoms with Gasteiger partial charge in [-0.2, -0.15) is 8.42 Å². The van der Waals surface area contributed by atoms with Crippen molar-refractivity contribution < 1.29 is 17.7 Å². The number of benzene rings is 4. The number of nitrogens with zero attached hydrogens (tertiary/aromatic N) is 1. The van der Waals surface area contributed by atoms with Crippen molar-refractivity contribution in [1.82, 2.24) is 4.90 Å². The van der Waals surface area contributed by atoms with Gasteiger partial charge in [0.1, 0.15) is 0 Å². The Balaban J connectivity index is 1.71. The minimum atomic E-state index is -3.58. The molecule has 0 radical (unpaired) electrons. The van der Waals surface area contributed by atoms with E-state index in [9.17, 15) is 13.5 Å². The highest BCUT2D eigenvalue weighted by molar-refractivity contribution is 7.85. The molecule has 0 bridgehead atoms. The van der Waals surface area contributed by atoms with E-state index in [1.54, 1.807) is 0 Å². The predicted octanol–water partition coefficient (Wildman–Crippen LogP) is 4.35. The number of hydrogen-bond donors (Lipinski definition) is 1. The second-order valence-corrected chi connectivity index (χ2v) is 10.4. The van der Waals surface area contributed by atoms with Crippen LogP contribution in [0.25, 0.3) is 32.3 Å². The molecule has 0 aliphatic carbocycles. The van der Waals surface area contributed by atoms with Gasteiger partial charge in [-0.05, 0) is 64.3 Å². The number of aliphatic hydroxyl groups is 1. The number of aliphatic hydroxyl groups excluding tert-OH is 1. The van der Waals surface area contributed by atoms with E-state index in [2.05, 4.69) is 66.7 Å². The summed E-state index contributed by atoms with van der Waals surface area (Å²) in [6, 6.07) is 23.5. The van der Waals surface area contributed by atoms with Crippen molar-refractivity contribution in [1.29, 1.82) is 0 Å². The van der Waals surface area contributed by atoms with E-state index in [1.807, 2.05) is 18.9 Å². The first-order chi connectivity index (χ1) is 15.2. The Morgan fingerprint density at radius 2 is 1.53 bits per heavy atom. The van der Waals surface area contributed by atoms with Gasteiger partial charge in [0.05, 0.1) is 25.0 Å². The summed E-state index contributed by atoms with van der Waals surface area (Å²) in [6.07, 6.45) is 1.78. The fraction of sp³-hybridized carbons (Fsp3) is 0.308. The highest BCUT2D eigenvalue weighted by Crippen LogP contribution is 2.34. The second kappa shape index (κ2) is 8.79. The third-order valence-electron chi connectivity index (χ3n) is 6.42.